The fourth-order valence-electron chi connectivity index (χ4n) is 3.33. The summed E-state index contributed by atoms with van der Waals surface area (Å²) in [5.41, 5.74) is 1.31. The number of hydrogen-bond donors (Lipinski definition) is 1. The van der Waals surface area contributed by atoms with Crippen molar-refractivity contribution in [1.82, 2.24) is 5.32 Å². The van der Waals surface area contributed by atoms with E-state index in [-0.39, 0.29) is 11.7 Å². The molecular weight excluding hydrogens is 286 g/mol. The first-order chi connectivity index (χ1) is 10.8. The smallest absolute Gasteiger partial charge is 0.119 e. The van der Waals surface area contributed by atoms with Crippen LogP contribution in [0.15, 0.2) is 24.3 Å². The van der Waals surface area contributed by atoms with Gasteiger partial charge in [0.15, 0.2) is 0 Å². The highest BCUT2D eigenvalue weighted by molar-refractivity contribution is 5.29. The van der Waals surface area contributed by atoms with Crippen LogP contribution >= 0.6 is 0 Å². The first-order valence-electron chi connectivity index (χ1n) is 8.93. The van der Waals surface area contributed by atoms with Gasteiger partial charge in [0.25, 0.3) is 0 Å². The van der Waals surface area contributed by atoms with Crippen molar-refractivity contribution < 1.29 is 9.47 Å². The molecule has 0 saturated carbocycles. The van der Waals surface area contributed by atoms with E-state index >= 15 is 0 Å². The molecule has 3 nitrogen and oxygen atoms in total. The van der Waals surface area contributed by atoms with Gasteiger partial charge in [0.1, 0.15) is 5.75 Å². The van der Waals surface area contributed by atoms with Gasteiger partial charge >= 0.3 is 0 Å². The highest BCUT2D eigenvalue weighted by Gasteiger charge is 2.30. The second-order valence-electron chi connectivity index (χ2n) is 7.92. The van der Waals surface area contributed by atoms with Crippen LogP contribution in [0.2, 0.25) is 0 Å². The summed E-state index contributed by atoms with van der Waals surface area (Å²) < 4.78 is 11.6. The lowest BCUT2D eigenvalue weighted by atomic mass is 9.90. The molecule has 23 heavy (non-hydrogen) atoms. The van der Waals surface area contributed by atoms with Crippen molar-refractivity contribution in [1.29, 1.82) is 0 Å². The number of nitrogens with one attached hydrogen (secondary N) is 1. The lowest BCUT2D eigenvalue weighted by Gasteiger charge is -2.38. The van der Waals surface area contributed by atoms with Gasteiger partial charge in [-0.05, 0) is 64.2 Å². The van der Waals surface area contributed by atoms with Crippen LogP contribution in [0.3, 0.4) is 0 Å². The van der Waals surface area contributed by atoms with E-state index in [1.807, 2.05) is 0 Å². The lowest BCUT2D eigenvalue weighted by Crippen LogP contribution is -2.45. The average molecular weight is 319 g/mol. The standard InChI is InChI=1S/C20H33NO2/c1-14(2)19(21-17-11-12-22-20(5,6)13-17)16-7-9-18(10-8-16)23-15(3)4/h7-10,14-15,17,19,21H,11-13H2,1-6H3/t17-,19-/m1/s1. The molecule has 2 rings (SSSR count). The minimum atomic E-state index is -0.0214. The number of hydrogen-bond acceptors (Lipinski definition) is 3. The van der Waals surface area contributed by atoms with E-state index in [2.05, 4.69) is 71.1 Å². The molecule has 0 radical (unpaired) electrons. The van der Waals surface area contributed by atoms with Gasteiger partial charge in [-0.3, -0.25) is 0 Å². The quantitative estimate of drug-likeness (QED) is 0.823. The van der Waals surface area contributed by atoms with Crippen LogP contribution in [0, 0.1) is 5.92 Å². The summed E-state index contributed by atoms with van der Waals surface area (Å²) in [6, 6.07) is 9.43. The summed E-state index contributed by atoms with van der Waals surface area (Å²) >= 11 is 0. The summed E-state index contributed by atoms with van der Waals surface area (Å²) in [4.78, 5) is 0. The van der Waals surface area contributed by atoms with Crippen LogP contribution in [0.1, 0.15) is 66.0 Å². The zero-order chi connectivity index (χ0) is 17.0. The zero-order valence-electron chi connectivity index (χ0n) is 15.6. The summed E-state index contributed by atoms with van der Waals surface area (Å²) in [5, 5.41) is 3.87. The Hall–Kier alpha value is -1.06. The molecule has 0 amide bonds. The first-order valence-corrected chi connectivity index (χ1v) is 8.93. The van der Waals surface area contributed by atoms with Crippen LogP contribution in [-0.4, -0.2) is 24.4 Å². The van der Waals surface area contributed by atoms with Crippen LogP contribution < -0.4 is 10.1 Å². The van der Waals surface area contributed by atoms with E-state index in [0.717, 1.165) is 25.2 Å². The largest absolute Gasteiger partial charge is 0.491 e. The molecule has 3 heteroatoms. The predicted octanol–water partition coefficient (Wildman–Crippen LogP) is 4.72. The van der Waals surface area contributed by atoms with Gasteiger partial charge in [0.05, 0.1) is 11.7 Å². The summed E-state index contributed by atoms with van der Waals surface area (Å²) in [5.74, 6) is 1.48. The molecule has 1 N–H and O–H groups in total. The summed E-state index contributed by atoms with van der Waals surface area (Å²) in [6.07, 6.45) is 2.36. The van der Waals surface area contributed by atoms with Gasteiger partial charge in [-0.1, -0.05) is 26.0 Å². The maximum absolute atomic E-state index is 5.84. The van der Waals surface area contributed by atoms with Crippen molar-refractivity contribution in [3.05, 3.63) is 29.8 Å². The van der Waals surface area contributed by atoms with E-state index in [9.17, 15) is 0 Å². The molecule has 1 aliphatic heterocycles. The van der Waals surface area contributed by atoms with Crippen molar-refractivity contribution in [2.24, 2.45) is 5.92 Å². The Labute approximate surface area is 141 Å². The van der Waals surface area contributed by atoms with E-state index < -0.39 is 0 Å². The van der Waals surface area contributed by atoms with Gasteiger partial charge in [-0.25, -0.2) is 0 Å². The van der Waals surface area contributed by atoms with Gasteiger partial charge in [-0.15, -0.1) is 0 Å². The summed E-state index contributed by atoms with van der Waals surface area (Å²) in [7, 11) is 0. The SMILES string of the molecule is CC(C)Oc1ccc([C@H](N[C@@H]2CCOC(C)(C)C2)C(C)C)cc1. The van der Waals surface area contributed by atoms with Crippen molar-refractivity contribution in [3.8, 4) is 5.75 Å². The van der Waals surface area contributed by atoms with Crippen molar-refractivity contribution in [2.75, 3.05) is 6.61 Å². The zero-order valence-corrected chi connectivity index (χ0v) is 15.6. The average Bonchev–Trinajstić information content (AvgIpc) is 2.44. The second kappa shape index (κ2) is 7.67. The molecule has 0 unspecified atom stereocenters. The predicted molar refractivity (Wildman–Crippen MR) is 96.0 cm³/mol. The minimum absolute atomic E-state index is 0.0214. The van der Waals surface area contributed by atoms with Crippen LogP contribution in [0.25, 0.3) is 0 Å². The highest BCUT2D eigenvalue weighted by Crippen LogP contribution is 2.29. The van der Waals surface area contributed by atoms with Crippen molar-refractivity contribution in [3.63, 3.8) is 0 Å². The third-order valence-corrected chi connectivity index (χ3v) is 4.39. The molecule has 1 fully saturated rings. The molecule has 1 aliphatic rings. The Morgan fingerprint density at radius 2 is 1.78 bits per heavy atom. The van der Waals surface area contributed by atoms with Crippen molar-refractivity contribution in [2.45, 2.75) is 78.2 Å². The normalized spacial score (nSPS) is 22.3. The van der Waals surface area contributed by atoms with Gasteiger partial charge < -0.3 is 14.8 Å². The molecule has 1 aromatic carbocycles. The highest BCUT2D eigenvalue weighted by atomic mass is 16.5. The Bertz CT molecular complexity index is 479. The van der Waals surface area contributed by atoms with Crippen LogP contribution in [0.4, 0.5) is 0 Å². The topological polar surface area (TPSA) is 30.5 Å². The van der Waals surface area contributed by atoms with Gasteiger partial charge in [0.2, 0.25) is 0 Å². The fraction of sp³-hybridized carbons (Fsp3) is 0.700. The molecule has 0 aromatic heterocycles. The second-order valence-corrected chi connectivity index (χ2v) is 7.92. The minimum Gasteiger partial charge on any atom is -0.491 e. The molecule has 2 atom stereocenters. The Balaban J connectivity index is 2.06. The Morgan fingerprint density at radius 3 is 2.30 bits per heavy atom. The summed E-state index contributed by atoms with van der Waals surface area (Å²) in [6.45, 7) is 13.9. The maximum Gasteiger partial charge on any atom is 0.119 e. The van der Waals surface area contributed by atoms with Gasteiger partial charge in [-0.2, -0.15) is 0 Å². The molecule has 0 bridgehead atoms. The van der Waals surface area contributed by atoms with E-state index in [0.29, 0.717) is 18.0 Å². The van der Waals surface area contributed by atoms with E-state index in [1.165, 1.54) is 5.56 Å². The monoisotopic (exact) mass is 319 g/mol. The fourth-order valence-corrected chi connectivity index (χ4v) is 3.33. The number of rotatable bonds is 6. The van der Waals surface area contributed by atoms with Crippen LogP contribution in [-0.2, 0) is 4.74 Å². The number of benzene rings is 1. The van der Waals surface area contributed by atoms with Gasteiger partial charge in [0, 0.05) is 18.7 Å². The third-order valence-electron chi connectivity index (χ3n) is 4.39. The molecule has 130 valence electrons. The van der Waals surface area contributed by atoms with Crippen molar-refractivity contribution >= 4 is 0 Å². The lowest BCUT2D eigenvalue weighted by molar-refractivity contribution is -0.0648. The third kappa shape index (κ3) is 5.50. The molecule has 1 aromatic rings. The van der Waals surface area contributed by atoms with E-state index in [1.54, 1.807) is 0 Å². The Morgan fingerprint density at radius 1 is 1.13 bits per heavy atom. The molecule has 1 heterocycles. The molecular formula is C20H33NO2. The first kappa shape index (κ1) is 18.3. The van der Waals surface area contributed by atoms with E-state index in [4.69, 9.17) is 9.47 Å². The molecule has 1 saturated heterocycles. The molecule has 0 aliphatic carbocycles. The Kier molecular flexibility index (Phi) is 6.10. The molecule has 0 spiro atoms. The number of ether oxygens (including phenoxy) is 2. The van der Waals surface area contributed by atoms with Crippen LogP contribution in [0.5, 0.6) is 5.75 Å². The maximum atomic E-state index is 5.84.